The normalized spacial score (nSPS) is 25.2. The zero-order valence-corrected chi connectivity index (χ0v) is 11.5. The summed E-state index contributed by atoms with van der Waals surface area (Å²) in [6, 6.07) is 3.31. The number of sulfone groups is 1. The molecule has 1 aromatic heterocycles. The second-order valence-electron chi connectivity index (χ2n) is 4.97. The number of pyridine rings is 1. The van der Waals surface area contributed by atoms with E-state index in [0.717, 1.165) is 13.0 Å². The molecule has 0 radical (unpaired) electrons. The molecule has 1 aliphatic rings. The largest absolute Gasteiger partial charge is 0.354 e. The van der Waals surface area contributed by atoms with Gasteiger partial charge in [-0.3, -0.25) is 0 Å². The molecule has 18 heavy (non-hydrogen) atoms. The van der Waals surface area contributed by atoms with Crippen LogP contribution in [0.5, 0.6) is 0 Å². The van der Waals surface area contributed by atoms with Crippen LogP contribution in [0.3, 0.4) is 0 Å². The molecule has 2 N–H and O–H groups in total. The van der Waals surface area contributed by atoms with Crippen LogP contribution in [0.15, 0.2) is 23.2 Å². The zero-order valence-electron chi connectivity index (χ0n) is 10.7. The summed E-state index contributed by atoms with van der Waals surface area (Å²) >= 11 is 0. The summed E-state index contributed by atoms with van der Waals surface area (Å²) in [7, 11) is -3.26. The first-order valence-corrected chi connectivity index (χ1v) is 7.94. The molecular formula is C12H19N3O2S. The quantitative estimate of drug-likeness (QED) is 0.853. The molecule has 1 aromatic rings. The Morgan fingerprint density at radius 2 is 2.22 bits per heavy atom. The van der Waals surface area contributed by atoms with Crippen LogP contribution in [0.1, 0.15) is 13.3 Å². The highest BCUT2D eigenvalue weighted by Gasteiger charge is 2.27. The van der Waals surface area contributed by atoms with Crippen LogP contribution in [-0.2, 0) is 9.84 Å². The van der Waals surface area contributed by atoms with Gasteiger partial charge in [0, 0.05) is 31.6 Å². The van der Waals surface area contributed by atoms with Gasteiger partial charge in [-0.15, -0.1) is 0 Å². The van der Waals surface area contributed by atoms with E-state index < -0.39 is 9.84 Å². The lowest BCUT2D eigenvalue weighted by atomic mass is 9.94. The summed E-state index contributed by atoms with van der Waals surface area (Å²) in [5.74, 6) is 0.994. The lowest BCUT2D eigenvalue weighted by Gasteiger charge is -2.36. The second-order valence-corrected chi connectivity index (χ2v) is 6.96. The molecule has 0 aromatic carbocycles. The molecule has 5 nitrogen and oxygen atoms in total. The van der Waals surface area contributed by atoms with Crippen LogP contribution in [0.2, 0.25) is 0 Å². The van der Waals surface area contributed by atoms with E-state index in [-0.39, 0.29) is 10.9 Å². The third-order valence-electron chi connectivity index (χ3n) is 3.47. The summed E-state index contributed by atoms with van der Waals surface area (Å²) in [6.45, 7) is 3.58. The van der Waals surface area contributed by atoms with Crippen molar-refractivity contribution < 1.29 is 8.42 Å². The molecule has 0 amide bonds. The van der Waals surface area contributed by atoms with Crippen molar-refractivity contribution in [2.75, 3.05) is 24.2 Å². The van der Waals surface area contributed by atoms with Crippen LogP contribution in [0.4, 0.5) is 5.82 Å². The molecule has 1 saturated heterocycles. The first-order chi connectivity index (χ1) is 8.39. The minimum Gasteiger partial charge on any atom is -0.354 e. The van der Waals surface area contributed by atoms with Gasteiger partial charge in [0.2, 0.25) is 0 Å². The van der Waals surface area contributed by atoms with Gasteiger partial charge in [-0.1, -0.05) is 6.92 Å². The molecule has 0 bridgehead atoms. The number of nitrogens with zero attached hydrogens (tertiary/aromatic N) is 2. The maximum atomic E-state index is 11.7. The first kappa shape index (κ1) is 13.3. The molecule has 0 aliphatic carbocycles. The lowest BCUT2D eigenvalue weighted by molar-refractivity contribution is 0.377. The Labute approximate surface area is 108 Å². The Hall–Kier alpha value is -1.14. The van der Waals surface area contributed by atoms with Crippen molar-refractivity contribution >= 4 is 15.7 Å². The Morgan fingerprint density at radius 3 is 2.83 bits per heavy atom. The van der Waals surface area contributed by atoms with E-state index in [2.05, 4.69) is 11.9 Å². The van der Waals surface area contributed by atoms with Gasteiger partial charge in [0.1, 0.15) is 10.7 Å². The fourth-order valence-electron chi connectivity index (χ4n) is 2.20. The van der Waals surface area contributed by atoms with E-state index in [1.165, 1.54) is 6.26 Å². The number of rotatable bonds is 2. The third kappa shape index (κ3) is 2.64. The molecule has 1 aliphatic heterocycles. The third-order valence-corrected chi connectivity index (χ3v) is 4.58. The van der Waals surface area contributed by atoms with E-state index in [1.54, 1.807) is 18.3 Å². The minimum absolute atomic E-state index is 0.0631. The standard InChI is InChI=1S/C12H19N3O2S/c1-9-5-7-15(8-10(9)13)12-11(18(2,16)17)4-3-6-14-12/h3-4,6,9-10H,5,7-8,13H2,1-2H3. The van der Waals surface area contributed by atoms with Gasteiger partial charge in [-0.05, 0) is 24.5 Å². The summed E-state index contributed by atoms with van der Waals surface area (Å²) < 4.78 is 23.5. The van der Waals surface area contributed by atoms with Gasteiger partial charge < -0.3 is 10.6 Å². The fraction of sp³-hybridized carbons (Fsp3) is 0.583. The minimum atomic E-state index is -3.26. The highest BCUT2D eigenvalue weighted by atomic mass is 32.2. The molecular weight excluding hydrogens is 250 g/mol. The van der Waals surface area contributed by atoms with E-state index in [1.807, 2.05) is 4.90 Å². The number of anilines is 1. The summed E-state index contributed by atoms with van der Waals surface area (Å²) in [4.78, 5) is 6.48. The van der Waals surface area contributed by atoms with Gasteiger partial charge in [0.05, 0.1) is 0 Å². The summed E-state index contributed by atoms with van der Waals surface area (Å²) in [5, 5.41) is 0. The van der Waals surface area contributed by atoms with Gasteiger partial charge in [0.25, 0.3) is 0 Å². The molecule has 0 saturated carbocycles. The molecule has 0 spiro atoms. The Morgan fingerprint density at radius 1 is 1.50 bits per heavy atom. The number of aromatic nitrogens is 1. The molecule has 2 rings (SSSR count). The van der Waals surface area contributed by atoms with Crippen molar-refractivity contribution in [3.8, 4) is 0 Å². The number of piperidine rings is 1. The van der Waals surface area contributed by atoms with E-state index in [0.29, 0.717) is 18.3 Å². The maximum absolute atomic E-state index is 11.7. The van der Waals surface area contributed by atoms with Crippen molar-refractivity contribution in [1.82, 2.24) is 4.98 Å². The van der Waals surface area contributed by atoms with Gasteiger partial charge in [-0.25, -0.2) is 13.4 Å². The van der Waals surface area contributed by atoms with Crippen LogP contribution < -0.4 is 10.6 Å². The number of hydrogen-bond acceptors (Lipinski definition) is 5. The molecule has 2 heterocycles. The van der Waals surface area contributed by atoms with Gasteiger partial charge in [0.15, 0.2) is 9.84 Å². The van der Waals surface area contributed by atoms with Crippen LogP contribution in [0.25, 0.3) is 0 Å². The predicted molar refractivity (Wildman–Crippen MR) is 71.3 cm³/mol. The van der Waals surface area contributed by atoms with Crippen LogP contribution >= 0.6 is 0 Å². The monoisotopic (exact) mass is 269 g/mol. The molecule has 1 fully saturated rings. The highest BCUT2D eigenvalue weighted by Crippen LogP contribution is 2.26. The van der Waals surface area contributed by atoms with Crippen molar-refractivity contribution in [1.29, 1.82) is 0 Å². The lowest BCUT2D eigenvalue weighted by Crippen LogP contribution is -2.48. The van der Waals surface area contributed by atoms with E-state index in [9.17, 15) is 8.42 Å². The average molecular weight is 269 g/mol. The molecule has 6 heteroatoms. The molecule has 2 unspecified atom stereocenters. The van der Waals surface area contributed by atoms with Crippen LogP contribution in [-0.4, -0.2) is 38.8 Å². The van der Waals surface area contributed by atoms with Gasteiger partial charge >= 0.3 is 0 Å². The zero-order chi connectivity index (χ0) is 13.3. The fourth-order valence-corrected chi connectivity index (χ4v) is 3.04. The smallest absolute Gasteiger partial charge is 0.179 e. The van der Waals surface area contributed by atoms with Crippen molar-refractivity contribution in [2.24, 2.45) is 11.7 Å². The molecule has 2 atom stereocenters. The first-order valence-electron chi connectivity index (χ1n) is 6.05. The second kappa shape index (κ2) is 4.85. The van der Waals surface area contributed by atoms with E-state index in [4.69, 9.17) is 5.73 Å². The molecule has 100 valence electrons. The van der Waals surface area contributed by atoms with E-state index >= 15 is 0 Å². The summed E-state index contributed by atoms with van der Waals surface area (Å²) in [5.41, 5.74) is 6.05. The van der Waals surface area contributed by atoms with Crippen molar-refractivity contribution in [2.45, 2.75) is 24.3 Å². The highest BCUT2D eigenvalue weighted by molar-refractivity contribution is 7.90. The van der Waals surface area contributed by atoms with Crippen LogP contribution in [0, 0.1) is 5.92 Å². The topological polar surface area (TPSA) is 76.3 Å². The Bertz CT molecular complexity index is 530. The van der Waals surface area contributed by atoms with Crippen molar-refractivity contribution in [3.63, 3.8) is 0 Å². The number of nitrogens with two attached hydrogens (primary N) is 1. The Balaban J connectivity index is 2.35. The average Bonchev–Trinajstić information content (AvgIpc) is 2.32. The SMILES string of the molecule is CC1CCN(c2ncccc2S(C)(=O)=O)CC1N. The maximum Gasteiger partial charge on any atom is 0.179 e. The number of hydrogen-bond donors (Lipinski definition) is 1. The Kier molecular flexibility index (Phi) is 3.59. The predicted octanol–water partition coefficient (Wildman–Crippen LogP) is 0.659. The van der Waals surface area contributed by atoms with Crippen molar-refractivity contribution in [3.05, 3.63) is 18.3 Å². The summed E-state index contributed by atoms with van der Waals surface area (Å²) in [6.07, 6.45) is 3.79. The van der Waals surface area contributed by atoms with Gasteiger partial charge in [-0.2, -0.15) is 0 Å².